The van der Waals surface area contributed by atoms with Gasteiger partial charge in [0, 0.05) is 48.9 Å². The van der Waals surface area contributed by atoms with Gasteiger partial charge in [-0.05, 0) is 79.3 Å². The number of aryl methyl sites for hydroxylation is 1. The molecule has 0 saturated heterocycles. The summed E-state index contributed by atoms with van der Waals surface area (Å²) in [6.45, 7) is 2.38. The van der Waals surface area contributed by atoms with Gasteiger partial charge in [-0.3, -0.25) is 14.4 Å². The molecule has 3 amide bonds. The van der Waals surface area contributed by atoms with Crippen LogP contribution in [0.15, 0.2) is 60.7 Å². The van der Waals surface area contributed by atoms with Gasteiger partial charge in [-0.15, -0.1) is 0 Å². The average molecular weight is 534 g/mol. The van der Waals surface area contributed by atoms with E-state index >= 15 is 0 Å². The van der Waals surface area contributed by atoms with Crippen molar-refractivity contribution in [3.8, 4) is 5.75 Å². The van der Waals surface area contributed by atoms with Crippen molar-refractivity contribution < 1.29 is 19.1 Å². The number of hydrogen-bond acceptors (Lipinski definition) is 4. The van der Waals surface area contributed by atoms with Crippen LogP contribution in [-0.4, -0.2) is 50.4 Å². The van der Waals surface area contributed by atoms with E-state index in [4.69, 9.17) is 16.3 Å². The van der Waals surface area contributed by atoms with E-state index in [1.165, 1.54) is 7.11 Å². The number of carbonyl (C=O) groups is 3. The van der Waals surface area contributed by atoms with Crippen molar-refractivity contribution >= 4 is 40.7 Å². The van der Waals surface area contributed by atoms with Crippen molar-refractivity contribution in [1.82, 2.24) is 4.90 Å². The van der Waals surface area contributed by atoms with E-state index in [1.807, 2.05) is 37.3 Å². The monoisotopic (exact) mass is 533 g/mol. The second-order valence-electron chi connectivity index (χ2n) is 9.68. The summed E-state index contributed by atoms with van der Waals surface area (Å²) >= 11 is 6.34. The molecule has 1 unspecified atom stereocenters. The molecule has 0 fully saturated rings. The van der Waals surface area contributed by atoms with E-state index in [2.05, 4.69) is 5.32 Å². The number of hydrogen-bond donors (Lipinski definition) is 1. The zero-order valence-corrected chi connectivity index (χ0v) is 22.8. The molecule has 0 spiro atoms. The second kappa shape index (κ2) is 11.7. The fourth-order valence-electron chi connectivity index (χ4n) is 4.79. The molecule has 8 heteroatoms. The topological polar surface area (TPSA) is 79.0 Å². The number of methoxy groups -OCH3 is 1. The molecule has 0 bridgehead atoms. The predicted octanol–water partition coefficient (Wildman–Crippen LogP) is 5.91. The summed E-state index contributed by atoms with van der Waals surface area (Å²) in [5.41, 5.74) is 3.98. The molecular formula is C30H32ClN3O4. The summed E-state index contributed by atoms with van der Waals surface area (Å²) in [7, 11) is 4.99. The Kier molecular flexibility index (Phi) is 8.37. The van der Waals surface area contributed by atoms with E-state index in [1.54, 1.807) is 54.2 Å². The van der Waals surface area contributed by atoms with Gasteiger partial charge in [0.2, 0.25) is 5.91 Å². The van der Waals surface area contributed by atoms with Crippen molar-refractivity contribution in [2.75, 3.05) is 38.0 Å². The first-order valence-corrected chi connectivity index (χ1v) is 12.9. The van der Waals surface area contributed by atoms with Gasteiger partial charge in [0.05, 0.1) is 12.8 Å². The van der Waals surface area contributed by atoms with E-state index in [0.29, 0.717) is 40.6 Å². The van der Waals surface area contributed by atoms with Gasteiger partial charge in [0.15, 0.2) is 0 Å². The predicted molar refractivity (Wildman–Crippen MR) is 151 cm³/mol. The van der Waals surface area contributed by atoms with E-state index in [9.17, 15) is 14.4 Å². The van der Waals surface area contributed by atoms with Gasteiger partial charge >= 0.3 is 0 Å². The highest BCUT2D eigenvalue weighted by Gasteiger charge is 2.29. The maximum Gasteiger partial charge on any atom is 0.258 e. The third-order valence-corrected chi connectivity index (χ3v) is 7.14. The molecular weight excluding hydrogens is 502 g/mol. The Balaban J connectivity index is 1.62. The first kappa shape index (κ1) is 27.2. The Bertz CT molecular complexity index is 1370. The maximum atomic E-state index is 13.8. The second-order valence-corrected chi connectivity index (χ2v) is 10.1. The number of amides is 3. The minimum Gasteiger partial charge on any atom is -0.495 e. The smallest absolute Gasteiger partial charge is 0.258 e. The van der Waals surface area contributed by atoms with Crippen LogP contribution in [0.2, 0.25) is 5.02 Å². The Hall–Kier alpha value is -3.84. The number of carbonyl (C=O) groups excluding carboxylic acids is 3. The Morgan fingerprint density at radius 1 is 1.08 bits per heavy atom. The van der Waals surface area contributed by atoms with Crippen molar-refractivity contribution in [3.05, 3.63) is 87.9 Å². The molecule has 0 saturated carbocycles. The number of ether oxygens (including phenoxy) is 1. The number of halogens is 1. The zero-order valence-electron chi connectivity index (χ0n) is 22.1. The largest absolute Gasteiger partial charge is 0.495 e. The fraction of sp³-hybridized carbons (Fsp3) is 0.300. The van der Waals surface area contributed by atoms with Crippen LogP contribution in [0, 0.1) is 6.92 Å². The highest BCUT2D eigenvalue weighted by atomic mass is 35.5. The molecule has 1 aliphatic rings. The number of anilines is 2. The van der Waals surface area contributed by atoms with Crippen LogP contribution < -0.4 is 15.0 Å². The Morgan fingerprint density at radius 2 is 1.84 bits per heavy atom. The minimum atomic E-state index is -0.253. The zero-order chi connectivity index (χ0) is 27.4. The van der Waals surface area contributed by atoms with Crippen LogP contribution in [0.4, 0.5) is 11.4 Å². The highest BCUT2D eigenvalue weighted by Crippen LogP contribution is 2.39. The number of fused-ring (bicyclic) bond motifs is 1. The average Bonchev–Trinajstić information content (AvgIpc) is 3.07. The molecule has 7 nitrogen and oxygen atoms in total. The van der Waals surface area contributed by atoms with Crippen molar-refractivity contribution in [3.63, 3.8) is 0 Å². The summed E-state index contributed by atoms with van der Waals surface area (Å²) in [5, 5.41) is 3.46. The molecule has 3 aromatic carbocycles. The van der Waals surface area contributed by atoms with Crippen LogP contribution >= 0.6 is 11.6 Å². The van der Waals surface area contributed by atoms with Gasteiger partial charge in [-0.2, -0.15) is 0 Å². The van der Waals surface area contributed by atoms with Crippen LogP contribution in [0.3, 0.4) is 0 Å². The minimum absolute atomic E-state index is 0.0359. The van der Waals surface area contributed by atoms with Crippen LogP contribution in [0.5, 0.6) is 5.75 Å². The lowest BCUT2D eigenvalue weighted by Gasteiger charge is -2.25. The Morgan fingerprint density at radius 3 is 2.55 bits per heavy atom. The molecule has 1 heterocycles. The fourth-order valence-corrected chi connectivity index (χ4v) is 4.97. The third-order valence-electron chi connectivity index (χ3n) is 6.91. The lowest BCUT2D eigenvalue weighted by molar-refractivity contribution is -0.129. The van der Waals surface area contributed by atoms with E-state index < -0.39 is 0 Å². The first-order valence-electron chi connectivity index (χ1n) is 12.6. The molecule has 38 heavy (non-hydrogen) atoms. The standard InChI is InChI=1S/C30H32ClN3O4/c1-19-8-5-6-10-23(19)29(36)32-25-13-11-21(16-27(25)38-4)30(37)34-15-7-9-20(17-28(35)33(2)3)24-18-22(31)12-14-26(24)34/h5-6,8,10-14,16,18,20H,7,9,15,17H2,1-4H3,(H,32,36). The number of benzene rings is 3. The molecule has 1 atom stereocenters. The molecule has 0 aromatic heterocycles. The van der Waals surface area contributed by atoms with Gasteiger partial charge < -0.3 is 19.9 Å². The lowest BCUT2D eigenvalue weighted by Crippen LogP contribution is -2.31. The van der Waals surface area contributed by atoms with Crippen molar-refractivity contribution in [2.45, 2.75) is 32.1 Å². The van der Waals surface area contributed by atoms with Gasteiger partial charge in [-0.25, -0.2) is 0 Å². The molecule has 3 aromatic rings. The molecule has 198 valence electrons. The van der Waals surface area contributed by atoms with Gasteiger partial charge in [0.25, 0.3) is 11.8 Å². The van der Waals surface area contributed by atoms with Gasteiger partial charge in [-0.1, -0.05) is 29.8 Å². The number of rotatable bonds is 6. The molecule has 1 N–H and O–H groups in total. The normalized spacial score (nSPS) is 14.8. The van der Waals surface area contributed by atoms with Crippen molar-refractivity contribution in [2.24, 2.45) is 0 Å². The highest BCUT2D eigenvalue weighted by molar-refractivity contribution is 6.30. The molecule has 0 aliphatic carbocycles. The van der Waals surface area contributed by atoms with E-state index in [-0.39, 0.29) is 23.6 Å². The maximum absolute atomic E-state index is 13.8. The SMILES string of the molecule is COc1cc(C(=O)N2CCCC(CC(=O)N(C)C)c3cc(Cl)ccc32)ccc1NC(=O)c1ccccc1C. The third kappa shape index (κ3) is 5.83. The van der Waals surface area contributed by atoms with Gasteiger partial charge in [0.1, 0.15) is 5.75 Å². The summed E-state index contributed by atoms with van der Waals surface area (Å²) in [4.78, 5) is 42.5. The number of nitrogens with one attached hydrogen (secondary N) is 1. The van der Waals surface area contributed by atoms with Crippen LogP contribution in [-0.2, 0) is 4.79 Å². The number of nitrogens with zero attached hydrogens (tertiary/aromatic N) is 2. The summed E-state index contributed by atoms with van der Waals surface area (Å²) in [5.74, 6) is -0.0579. The van der Waals surface area contributed by atoms with Crippen LogP contribution in [0.25, 0.3) is 0 Å². The van der Waals surface area contributed by atoms with Crippen molar-refractivity contribution in [1.29, 1.82) is 0 Å². The molecule has 1 aliphatic heterocycles. The first-order chi connectivity index (χ1) is 18.2. The van der Waals surface area contributed by atoms with Crippen LogP contribution in [0.1, 0.15) is 57.0 Å². The summed E-state index contributed by atoms with van der Waals surface area (Å²) in [6, 6.07) is 17.8. The summed E-state index contributed by atoms with van der Waals surface area (Å²) < 4.78 is 5.54. The van der Waals surface area contributed by atoms with E-state index in [0.717, 1.165) is 29.7 Å². The summed E-state index contributed by atoms with van der Waals surface area (Å²) in [6.07, 6.45) is 1.86. The quantitative estimate of drug-likeness (QED) is 0.427. The Labute approximate surface area is 228 Å². The molecule has 0 radical (unpaired) electrons. The molecule has 4 rings (SSSR count). The lowest BCUT2D eigenvalue weighted by atomic mass is 9.90.